The maximum Gasteiger partial charge on any atom is 0.107 e. The highest BCUT2D eigenvalue weighted by atomic mass is 16.5. The van der Waals surface area contributed by atoms with Gasteiger partial charge in [0.1, 0.15) is 6.61 Å². The van der Waals surface area contributed by atoms with E-state index in [1.165, 1.54) is 0 Å². The van der Waals surface area contributed by atoms with Crippen molar-refractivity contribution in [3.05, 3.63) is 0 Å². The lowest BCUT2D eigenvalue weighted by Gasteiger charge is -2.10. The van der Waals surface area contributed by atoms with Gasteiger partial charge in [-0.25, -0.2) is 0 Å². The molecule has 0 saturated heterocycles. The van der Waals surface area contributed by atoms with Gasteiger partial charge in [-0.1, -0.05) is 12.8 Å². The minimum absolute atomic E-state index is 0.376. The smallest absolute Gasteiger partial charge is 0.107 e. The Labute approximate surface area is 74.2 Å². The molecule has 0 radical (unpaired) electrons. The standard InChI is InChI=1S/C9H17NO2/c1-3-5-11-7-9(2)8-12-6-4-10/h1,9H,4-8,10H2,2H3. The number of terminal acetylenes is 1. The van der Waals surface area contributed by atoms with Crippen LogP contribution < -0.4 is 5.73 Å². The fourth-order valence-corrected chi connectivity index (χ4v) is 0.735. The van der Waals surface area contributed by atoms with Gasteiger partial charge in [-0.3, -0.25) is 0 Å². The van der Waals surface area contributed by atoms with Crippen LogP contribution in [0.25, 0.3) is 0 Å². The average molecular weight is 171 g/mol. The van der Waals surface area contributed by atoms with Gasteiger partial charge in [0.25, 0.3) is 0 Å². The van der Waals surface area contributed by atoms with Crippen LogP contribution in [0.5, 0.6) is 0 Å². The Kier molecular flexibility index (Phi) is 8.14. The monoisotopic (exact) mass is 171 g/mol. The molecule has 3 heteroatoms. The molecule has 0 bridgehead atoms. The minimum atomic E-state index is 0.376. The summed E-state index contributed by atoms with van der Waals surface area (Å²) in [5.41, 5.74) is 5.25. The summed E-state index contributed by atoms with van der Waals surface area (Å²) < 4.78 is 10.3. The van der Waals surface area contributed by atoms with Crippen LogP contribution in [0.4, 0.5) is 0 Å². The number of ether oxygens (including phenoxy) is 2. The summed E-state index contributed by atoms with van der Waals surface area (Å²) in [6.45, 7) is 4.93. The van der Waals surface area contributed by atoms with E-state index in [2.05, 4.69) is 5.92 Å². The zero-order valence-corrected chi connectivity index (χ0v) is 7.58. The Balaban J connectivity index is 3.11. The predicted molar refractivity (Wildman–Crippen MR) is 48.7 cm³/mol. The largest absolute Gasteiger partial charge is 0.380 e. The first kappa shape index (κ1) is 11.4. The molecule has 0 spiro atoms. The van der Waals surface area contributed by atoms with E-state index in [4.69, 9.17) is 21.6 Å². The van der Waals surface area contributed by atoms with Gasteiger partial charge in [0.05, 0.1) is 19.8 Å². The molecule has 0 aliphatic carbocycles. The molecule has 1 unspecified atom stereocenters. The maximum atomic E-state index is 5.25. The summed E-state index contributed by atoms with van der Waals surface area (Å²) in [6, 6.07) is 0. The van der Waals surface area contributed by atoms with Crippen molar-refractivity contribution in [3.8, 4) is 12.3 Å². The summed E-state index contributed by atoms with van der Waals surface area (Å²) in [5.74, 6) is 2.79. The van der Waals surface area contributed by atoms with E-state index in [-0.39, 0.29) is 0 Å². The lowest BCUT2D eigenvalue weighted by molar-refractivity contribution is 0.0596. The van der Waals surface area contributed by atoms with E-state index in [9.17, 15) is 0 Å². The van der Waals surface area contributed by atoms with Gasteiger partial charge in [-0.05, 0) is 0 Å². The molecule has 12 heavy (non-hydrogen) atoms. The van der Waals surface area contributed by atoms with Crippen molar-refractivity contribution in [2.24, 2.45) is 11.7 Å². The van der Waals surface area contributed by atoms with Gasteiger partial charge in [-0.2, -0.15) is 0 Å². The SMILES string of the molecule is C#CCOCC(C)COCCN. The second-order valence-corrected chi connectivity index (χ2v) is 2.69. The molecule has 1 atom stereocenters. The summed E-state index contributed by atoms with van der Waals surface area (Å²) >= 11 is 0. The number of hydrogen-bond donors (Lipinski definition) is 1. The molecule has 0 amide bonds. The van der Waals surface area contributed by atoms with Crippen molar-refractivity contribution in [2.45, 2.75) is 6.92 Å². The minimum Gasteiger partial charge on any atom is -0.380 e. The first-order valence-corrected chi connectivity index (χ1v) is 4.10. The van der Waals surface area contributed by atoms with Gasteiger partial charge in [0.2, 0.25) is 0 Å². The summed E-state index contributed by atoms with van der Waals surface area (Å²) in [6.07, 6.45) is 5.01. The van der Waals surface area contributed by atoms with Crippen LogP contribution >= 0.6 is 0 Å². The maximum absolute atomic E-state index is 5.25. The van der Waals surface area contributed by atoms with Crippen LogP contribution in [0.15, 0.2) is 0 Å². The Morgan fingerprint density at radius 3 is 2.67 bits per heavy atom. The van der Waals surface area contributed by atoms with Crippen LogP contribution in [-0.2, 0) is 9.47 Å². The van der Waals surface area contributed by atoms with Crippen LogP contribution in [0.3, 0.4) is 0 Å². The second kappa shape index (κ2) is 8.54. The molecule has 0 aromatic rings. The van der Waals surface area contributed by atoms with E-state index in [1.807, 2.05) is 6.92 Å². The average Bonchev–Trinajstić information content (AvgIpc) is 2.06. The second-order valence-electron chi connectivity index (χ2n) is 2.69. The van der Waals surface area contributed by atoms with Gasteiger partial charge < -0.3 is 15.2 Å². The van der Waals surface area contributed by atoms with E-state index >= 15 is 0 Å². The molecule has 0 saturated carbocycles. The molecule has 2 N–H and O–H groups in total. The summed E-state index contributed by atoms with van der Waals surface area (Å²) in [4.78, 5) is 0. The topological polar surface area (TPSA) is 44.5 Å². The zero-order valence-electron chi connectivity index (χ0n) is 7.58. The number of rotatable bonds is 7. The van der Waals surface area contributed by atoms with Gasteiger partial charge in [0.15, 0.2) is 0 Å². The van der Waals surface area contributed by atoms with Gasteiger partial charge >= 0.3 is 0 Å². The molecule has 0 aliphatic rings. The molecule has 0 rings (SSSR count). The summed E-state index contributed by atoms with van der Waals surface area (Å²) in [5, 5.41) is 0. The first-order chi connectivity index (χ1) is 5.81. The molecule has 3 nitrogen and oxygen atoms in total. The van der Waals surface area contributed by atoms with Crippen LogP contribution in [-0.4, -0.2) is 33.0 Å². The molecular formula is C9H17NO2. The Morgan fingerprint density at radius 2 is 2.08 bits per heavy atom. The van der Waals surface area contributed by atoms with Crippen molar-refractivity contribution in [1.29, 1.82) is 0 Å². The lowest BCUT2D eigenvalue weighted by Crippen LogP contribution is -2.16. The van der Waals surface area contributed by atoms with Crippen molar-refractivity contribution in [1.82, 2.24) is 0 Å². The van der Waals surface area contributed by atoms with E-state index in [0.29, 0.717) is 38.9 Å². The third-order valence-electron chi connectivity index (χ3n) is 1.25. The van der Waals surface area contributed by atoms with Crippen molar-refractivity contribution >= 4 is 0 Å². The van der Waals surface area contributed by atoms with Crippen LogP contribution in [0.1, 0.15) is 6.92 Å². The van der Waals surface area contributed by atoms with Crippen LogP contribution in [0.2, 0.25) is 0 Å². The Morgan fingerprint density at radius 1 is 1.42 bits per heavy atom. The van der Waals surface area contributed by atoms with E-state index in [1.54, 1.807) is 0 Å². The molecule has 0 heterocycles. The lowest BCUT2D eigenvalue weighted by atomic mass is 10.2. The fraction of sp³-hybridized carbons (Fsp3) is 0.778. The zero-order chi connectivity index (χ0) is 9.23. The molecule has 0 fully saturated rings. The Hall–Kier alpha value is -0.560. The number of hydrogen-bond acceptors (Lipinski definition) is 3. The van der Waals surface area contributed by atoms with E-state index in [0.717, 1.165) is 0 Å². The normalized spacial score (nSPS) is 12.4. The highest BCUT2D eigenvalue weighted by molar-refractivity contribution is 4.82. The molecule has 0 aromatic heterocycles. The molecule has 70 valence electrons. The van der Waals surface area contributed by atoms with E-state index < -0.39 is 0 Å². The quantitative estimate of drug-likeness (QED) is 0.441. The third kappa shape index (κ3) is 7.55. The van der Waals surface area contributed by atoms with Crippen molar-refractivity contribution in [3.63, 3.8) is 0 Å². The van der Waals surface area contributed by atoms with Crippen molar-refractivity contribution < 1.29 is 9.47 Å². The summed E-state index contributed by atoms with van der Waals surface area (Å²) in [7, 11) is 0. The Bertz CT molecular complexity index is 131. The highest BCUT2D eigenvalue weighted by Crippen LogP contribution is 1.95. The molecule has 0 aliphatic heterocycles. The predicted octanol–water partition coefficient (Wildman–Crippen LogP) is 0.248. The first-order valence-electron chi connectivity index (χ1n) is 4.10. The van der Waals surface area contributed by atoms with Gasteiger partial charge in [0, 0.05) is 12.5 Å². The van der Waals surface area contributed by atoms with Crippen molar-refractivity contribution in [2.75, 3.05) is 33.0 Å². The molecular weight excluding hydrogens is 154 g/mol. The van der Waals surface area contributed by atoms with Gasteiger partial charge in [-0.15, -0.1) is 6.42 Å². The molecule has 0 aromatic carbocycles. The highest BCUT2D eigenvalue weighted by Gasteiger charge is 2.00. The third-order valence-corrected chi connectivity index (χ3v) is 1.25. The fourth-order valence-electron chi connectivity index (χ4n) is 0.735. The van der Waals surface area contributed by atoms with Crippen LogP contribution in [0, 0.1) is 18.3 Å². The number of nitrogens with two attached hydrogens (primary N) is 1.